The van der Waals surface area contributed by atoms with E-state index in [0.29, 0.717) is 5.69 Å². The zero-order chi connectivity index (χ0) is 20.4. The summed E-state index contributed by atoms with van der Waals surface area (Å²) in [5.74, 6) is 0.656. The number of carbonyl (C=O) groups excluding carboxylic acids is 1. The normalized spacial score (nSPS) is 13.0. The number of hydrogen-bond donors (Lipinski definition) is 1. The molecule has 9 heteroatoms. The first kappa shape index (κ1) is 18.6. The Kier molecular flexibility index (Phi) is 4.94. The van der Waals surface area contributed by atoms with Crippen LogP contribution in [-0.2, 0) is 24.3 Å². The lowest BCUT2D eigenvalue weighted by molar-refractivity contribution is -0.385. The first-order valence-electron chi connectivity index (χ1n) is 9.31. The lowest BCUT2D eigenvalue weighted by Crippen LogP contribution is -2.26. The molecule has 2 aromatic heterocycles. The quantitative estimate of drug-likeness (QED) is 0.529. The van der Waals surface area contributed by atoms with E-state index in [0.717, 1.165) is 59.4 Å². The predicted molar refractivity (Wildman–Crippen MR) is 107 cm³/mol. The Morgan fingerprint density at radius 2 is 1.93 bits per heavy atom. The van der Waals surface area contributed by atoms with Gasteiger partial charge in [0.15, 0.2) is 0 Å². The maximum Gasteiger partial charge on any atom is 0.285 e. The topological polar surface area (TPSA) is 112 Å². The minimum atomic E-state index is -0.611. The Morgan fingerprint density at radius 1 is 1.14 bits per heavy atom. The molecule has 1 aliphatic heterocycles. The number of fused-ring (bicyclic) bond motifs is 1. The lowest BCUT2D eigenvalue weighted by atomic mass is 10.1. The molecule has 1 aromatic carbocycles. The number of nitrogens with one attached hydrogen (secondary N) is 1. The van der Waals surface area contributed by atoms with Crippen LogP contribution in [0.1, 0.15) is 18.7 Å². The number of carbonyl (C=O) groups is 1. The van der Waals surface area contributed by atoms with E-state index in [-0.39, 0.29) is 12.2 Å². The molecule has 0 fully saturated rings. The highest BCUT2D eigenvalue weighted by Crippen LogP contribution is 2.24. The molecule has 0 saturated carbocycles. The largest absolute Gasteiger partial charge is 0.334 e. The second kappa shape index (κ2) is 7.70. The molecule has 0 spiro atoms. The number of anilines is 1. The van der Waals surface area contributed by atoms with Gasteiger partial charge in [0, 0.05) is 42.5 Å². The summed E-state index contributed by atoms with van der Waals surface area (Å²) in [5, 5.41) is 13.5. The third kappa shape index (κ3) is 4.08. The van der Waals surface area contributed by atoms with Gasteiger partial charge in [0.1, 0.15) is 12.4 Å². The van der Waals surface area contributed by atoms with Crippen molar-refractivity contribution >= 4 is 17.3 Å². The van der Waals surface area contributed by atoms with Gasteiger partial charge in [-0.2, -0.15) is 0 Å². The molecule has 0 atom stereocenters. The van der Waals surface area contributed by atoms with E-state index in [9.17, 15) is 19.7 Å². The molecule has 0 radical (unpaired) electrons. The minimum absolute atomic E-state index is 0.246. The van der Waals surface area contributed by atoms with E-state index in [1.54, 1.807) is 12.1 Å². The highest BCUT2D eigenvalue weighted by atomic mass is 16.6. The molecule has 29 heavy (non-hydrogen) atoms. The third-order valence-corrected chi connectivity index (χ3v) is 4.87. The van der Waals surface area contributed by atoms with E-state index in [2.05, 4.69) is 21.1 Å². The third-order valence-electron chi connectivity index (χ3n) is 4.87. The van der Waals surface area contributed by atoms with Gasteiger partial charge in [0.25, 0.3) is 11.2 Å². The van der Waals surface area contributed by atoms with Crippen molar-refractivity contribution in [3.8, 4) is 11.3 Å². The van der Waals surface area contributed by atoms with Gasteiger partial charge in [-0.15, -0.1) is 0 Å². The summed E-state index contributed by atoms with van der Waals surface area (Å²) in [4.78, 5) is 39.0. The van der Waals surface area contributed by atoms with Crippen molar-refractivity contribution in [2.75, 3.05) is 5.32 Å². The molecule has 0 unspecified atom stereocenters. The molecule has 0 bridgehead atoms. The van der Waals surface area contributed by atoms with E-state index in [1.807, 2.05) is 12.1 Å². The second-order valence-electron chi connectivity index (χ2n) is 6.93. The molecule has 1 N–H and O–H groups in total. The van der Waals surface area contributed by atoms with Crippen LogP contribution in [0, 0.1) is 10.1 Å². The Labute approximate surface area is 165 Å². The van der Waals surface area contributed by atoms with Crippen LogP contribution in [0.15, 0.2) is 53.6 Å². The Morgan fingerprint density at radius 3 is 2.66 bits per heavy atom. The number of nitro groups is 1. The summed E-state index contributed by atoms with van der Waals surface area (Å²) < 4.78 is 3.20. The standard InChI is InChI=1S/C20H19N5O4/c26-19(13-24-11-16(25(28)29)8-9-20(24)27)21-15-6-4-14(5-7-15)17-12-23-10-2-1-3-18(23)22-17/h4-9,11-12H,1-3,10,13H2,(H,21,26). The van der Waals surface area contributed by atoms with Gasteiger partial charge in [0.05, 0.1) is 16.8 Å². The van der Waals surface area contributed by atoms with Crippen molar-refractivity contribution < 1.29 is 9.72 Å². The summed E-state index contributed by atoms with van der Waals surface area (Å²) >= 11 is 0. The van der Waals surface area contributed by atoms with E-state index >= 15 is 0 Å². The highest BCUT2D eigenvalue weighted by molar-refractivity contribution is 5.90. The number of amides is 1. The van der Waals surface area contributed by atoms with Gasteiger partial charge < -0.3 is 9.88 Å². The summed E-state index contributed by atoms with van der Waals surface area (Å²) in [6.45, 7) is 0.684. The summed E-state index contributed by atoms with van der Waals surface area (Å²) in [6, 6.07) is 9.48. The predicted octanol–water partition coefficient (Wildman–Crippen LogP) is 2.60. The maximum atomic E-state index is 12.2. The van der Waals surface area contributed by atoms with Gasteiger partial charge in [-0.25, -0.2) is 4.98 Å². The average Bonchev–Trinajstić information content (AvgIpc) is 3.14. The highest BCUT2D eigenvalue weighted by Gasteiger charge is 2.14. The first-order chi connectivity index (χ1) is 14.0. The van der Waals surface area contributed by atoms with Crippen LogP contribution in [-0.4, -0.2) is 24.9 Å². The monoisotopic (exact) mass is 393 g/mol. The molecular formula is C20H19N5O4. The number of aromatic nitrogens is 3. The van der Waals surface area contributed by atoms with Crippen LogP contribution in [0.2, 0.25) is 0 Å². The van der Waals surface area contributed by atoms with E-state index < -0.39 is 16.4 Å². The van der Waals surface area contributed by atoms with Gasteiger partial charge in [-0.1, -0.05) is 12.1 Å². The molecule has 9 nitrogen and oxygen atoms in total. The number of nitrogens with zero attached hydrogens (tertiary/aromatic N) is 4. The SMILES string of the molecule is O=C(Cn1cc([N+](=O)[O-])ccc1=O)Nc1ccc(-c2cn3c(n2)CCCC3)cc1. The van der Waals surface area contributed by atoms with Crippen molar-refractivity contribution in [3.63, 3.8) is 0 Å². The zero-order valence-corrected chi connectivity index (χ0v) is 15.6. The van der Waals surface area contributed by atoms with Gasteiger partial charge >= 0.3 is 0 Å². The van der Waals surface area contributed by atoms with Crippen molar-refractivity contribution in [3.05, 3.63) is 75.1 Å². The van der Waals surface area contributed by atoms with Crippen LogP contribution in [0.25, 0.3) is 11.3 Å². The number of rotatable bonds is 5. The average molecular weight is 393 g/mol. The fourth-order valence-corrected chi connectivity index (χ4v) is 3.38. The number of benzene rings is 1. The number of imidazole rings is 1. The summed E-state index contributed by atoms with van der Waals surface area (Å²) in [6.07, 6.45) is 6.43. The summed E-state index contributed by atoms with van der Waals surface area (Å²) in [5.41, 5.74) is 1.71. The van der Waals surface area contributed by atoms with Gasteiger partial charge in [0.2, 0.25) is 5.91 Å². The van der Waals surface area contributed by atoms with Crippen LogP contribution in [0.4, 0.5) is 11.4 Å². The number of pyridine rings is 1. The minimum Gasteiger partial charge on any atom is -0.334 e. The molecule has 1 amide bonds. The fourth-order valence-electron chi connectivity index (χ4n) is 3.38. The Hall–Kier alpha value is -3.75. The fraction of sp³-hybridized carbons (Fsp3) is 0.250. The molecule has 0 saturated heterocycles. The Balaban J connectivity index is 1.44. The van der Waals surface area contributed by atoms with Crippen LogP contribution in [0.3, 0.4) is 0 Å². The van der Waals surface area contributed by atoms with Crippen molar-refractivity contribution in [2.24, 2.45) is 0 Å². The maximum absolute atomic E-state index is 12.2. The molecule has 3 aromatic rings. The Bertz CT molecular complexity index is 1110. The molecular weight excluding hydrogens is 374 g/mol. The molecule has 4 rings (SSSR count). The van der Waals surface area contributed by atoms with Crippen LogP contribution < -0.4 is 10.9 Å². The zero-order valence-electron chi connectivity index (χ0n) is 15.6. The van der Waals surface area contributed by atoms with Crippen molar-refractivity contribution in [1.82, 2.24) is 14.1 Å². The van der Waals surface area contributed by atoms with E-state index in [4.69, 9.17) is 0 Å². The smallest absolute Gasteiger partial charge is 0.285 e. The van der Waals surface area contributed by atoms with Gasteiger partial charge in [-0.3, -0.25) is 24.3 Å². The van der Waals surface area contributed by atoms with Gasteiger partial charge in [-0.05, 0) is 25.0 Å². The summed E-state index contributed by atoms with van der Waals surface area (Å²) in [7, 11) is 0. The lowest BCUT2D eigenvalue weighted by Gasteiger charge is -2.11. The molecule has 3 heterocycles. The second-order valence-corrected chi connectivity index (χ2v) is 6.93. The van der Waals surface area contributed by atoms with Crippen LogP contribution >= 0.6 is 0 Å². The van der Waals surface area contributed by atoms with Crippen LogP contribution in [0.5, 0.6) is 0 Å². The molecule has 148 valence electrons. The first-order valence-corrected chi connectivity index (χ1v) is 9.31. The molecule has 1 aliphatic rings. The van der Waals surface area contributed by atoms with Crippen molar-refractivity contribution in [1.29, 1.82) is 0 Å². The number of aryl methyl sites for hydroxylation is 2. The van der Waals surface area contributed by atoms with E-state index in [1.165, 1.54) is 6.42 Å². The number of hydrogen-bond acceptors (Lipinski definition) is 5. The van der Waals surface area contributed by atoms with Crippen molar-refractivity contribution in [2.45, 2.75) is 32.4 Å². The molecule has 0 aliphatic carbocycles.